The predicted octanol–water partition coefficient (Wildman–Crippen LogP) is 3.42. The maximum Gasteiger partial charge on any atom is 0.00954 e. The van der Waals surface area contributed by atoms with Crippen molar-refractivity contribution in [3.63, 3.8) is 0 Å². The minimum atomic E-state index is 0.628. The van der Waals surface area contributed by atoms with Gasteiger partial charge in [-0.05, 0) is 52.1 Å². The van der Waals surface area contributed by atoms with Gasteiger partial charge in [0.1, 0.15) is 0 Å². The summed E-state index contributed by atoms with van der Waals surface area (Å²) >= 11 is 0. The van der Waals surface area contributed by atoms with E-state index in [1.54, 1.807) is 0 Å². The summed E-state index contributed by atoms with van der Waals surface area (Å²) < 4.78 is 0. The van der Waals surface area contributed by atoms with E-state index in [4.69, 9.17) is 0 Å². The standard InChI is InChI=1S/C15H32N2/c1-5-15-10-6-7-12-17(15)14(4)9-8-11-16-13(2)3/h13-16H,5-12H2,1-4H3. The normalized spacial score (nSPS) is 24.2. The van der Waals surface area contributed by atoms with E-state index in [0.717, 1.165) is 12.1 Å². The van der Waals surface area contributed by atoms with Crippen LogP contribution in [0.4, 0.5) is 0 Å². The van der Waals surface area contributed by atoms with Gasteiger partial charge in [0.05, 0.1) is 0 Å². The fourth-order valence-corrected chi connectivity index (χ4v) is 3.00. The number of rotatable bonds is 7. The number of likely N-dealkylation sites (tertiary alicyclic amines) is 1. The highest BCUT2D eigenvalue weighted by atomic mass is 15.2. The number of piperidine rings is 1. The molecule has 1 heterocycles. The molecule has 0 aromatic carbocycles. The first-order valence-corrected chi connectivity index (χ1v) is 7.64. The maximum atomic E-state index is 3.51. The molecular weight excluding hydrogens is 208 g/mol. The molecule has 2 heteroatoms. The molecule has 1 saturated heterocycles. The fourth-order valence-electron chi connectivity index (χ4n) is 3.00. The summed E-state index contributed by atoms with van der Waals surface area (Å²) in [5, 5.41) is 3.51. The van der Waals surface area contributed by atoms with Crippen molar-refractivity contribution in [3.05, 3.63) is 0 Å². The quantitative estimate of drug-likeness (QED) is 0.686. The molecule has 0 spiro atoms. The zero-order valence-corrected chi connectivity index (χ0v) is 12.3. The number of hydrogen-bond donors (Lipinski definition) is 1. The van der Waals surface area contributed by atoms with Crippen LogP contribution in [0, 0.1) is 0 Å². The molecule has 2 atom stereocenters. The Kier molecular flexibility index (Phi) is 7.14. The molecule has 1 aliphatic heterocycles. The summed E-state index contributed by atoms with van der Waals surface area (Å²) in [5.74, 6) is 0. The van der Waals surface area contributed by atoms with E-state index in [0.29, 0.717) is 6.04 Å². The first-order chi connectivity index (χ1) is 8.15. The highest BCUT2D eigenvalue weighted by Gasteiger charge is 2.24. The molecule has 0 bridgehead atoms. The lowest BCUT2D eigenvalue weighted by molar-refractivity contribution is 0.0943. The molecule has 0 aliphatic carbocycles. The Labute approximate surface area is 108 Å². The van der Waals surface area contributed by atoms with Crippen molar-refractivity contribution >= 4 is 0 Å². The van der Waals surface area contributed by atoms with Crippen molar-refractivity contribution < 1.29 is 0 Å². The Morgan fingerprint density at radius 1 is 1.24 bits per heavy atom. The number of hydrogen-bond acceptors (Lipinski definition) is 2. The van der Waals surface area contributed by atoms with Crippen molar-refractivity contribution in [2.75, 3.05) is 13.1 Å². The van der Waals surface area contributed by atoms with Crippen molar-refractivity contribution in [3.8, 4) is 0 Å². The van der Waals surface area contributed by atoms with Gasteiger partial charge < -0.3 is 5.32 Å². The molecule has 0 aromatic rings. The molecule has 2 nitrogen and oxygen atoms in total. The first-order valence-electron chi connectivity index (χ1n) is 7.64. The van der Waals surface area contributed by atoms with Crippen molar-refractivity contribution in [2.45, 2.75) is 84.3 Å². The average Bonchev–Trinajstić information content (AvgIpc) is 2.34. The predicted molar refractivity (Wildman–Crippen MR) is 76.5 cm³/mol. The maximum absolute atomic E-state index is 3.51. The first kappa shape index (κ1) is 15.0. The van der Waals surface area contributed by atoms with Gasteiger partial charge in [-0.15, -0.1) is 0 Å². The van der Waals surface area contributed by atoms with Crippen LogP contribution >= 0.6 is 0 Å². The van der Waals surface area contributed by atoms with Crippen molar-refractivity contribution in [2.24, 2.45) is 0 Å². The van der Waals surface area contributed by atoms with Crippen LogP contribution in [0.3, 0.4) is 0 Å². The van der Waals surface area contributed by atoms with Crippen LogP contribution in [-0.2, 0) is 0 Å². The summed E-state index contributed by atoms with van der Waals surface area (Å²) in [5.41, 5.74) is 0. The zero-order chi connectivity index (χ0) is 12.7. The molecule has 17 heavy (non-hydrogen) atoms. The second-order valence-corrected chi connectivity index (χ2v) is 5.90. The molecule has 1 fully saturated rings. The van der Waals surface area contributed by atoms with E-state index in [1.807, 2.05) is 0 Å². The second-order valence-electron chi connectivity index (χ2n) is 5.90. The van der Waals surface area contributed by atoms with E-state index in [9.17, 15) is 0 Å². The molecule has 0 saturated carbocycles. The van der Waals surface area contributed by atoms with E-state index in [-0.39, 0.29) is 0 Å². The van der Waals surface area contributed by atoms with E-state index < -0.39 is 0 Å². The molecule has 1 aliphatic rings. The van der Waals surface area contributed by atoms with Crippen LogP contribution in [0.15, 0.2) is 0 Å². The van der Waals surface area contributed by atoms with Gasteiger partial charge in [0.2, 0.25) is 0 Å². The highest BCUT2D eigenvalue weighted by molar-refractivity contribution is 4.80. The van der Waals surface area contributed by atoms with Crippen LogP contribution in [0.1, 0.15) is 66.2 Å². The third-order valence-corrected chi connectivity index (χ3v) is 4.06. The summed E-state index contributed by atoms with van der Waals surface area (Å²) in [6.45, 7) is 11.7. The Bertz CT molecular complexity index is 191. The summed E-state index contributed by atoms with van der Waals surface area (Å²) in [4.78, 5) is 2.76. The molecule has 0 aromatic heterocycles. The SMILES string of the molecule is CCC1CCCCN1C(C)CCCNC(C)C. The summed E-state index contributed by atoms with van der Waals surface area (Å²) in [6, 6.07) is 2.26. The van der Waals surface area contributed by atoms with E-state index in [1.165, 1.54) is 51.6 Å². The molecule has 1 N–H and O–H groups in total. The van der Waals surface area contributed by atoms with Gasteiger partial charge in [-0.1, -0.05) is 27.2 Å². The lowest BCUT2D eigenvalue weighted by atomic mass is 9.97. The third-order valence-electron chi connectivity index (χ3n) is 4.06. The minimum Gasteiger partial charge on any atom is -0.315 e. The Hall–Kier alpha value is -0.0800. The Balaban J connectivity index is 2.22. The van der Waals surface area contributed by atoms with E-state index >= 15 is 0 Å². The third kappa shape index (κ3) is 5.39. The van der Waals surface area contributed by atoms with Crippen LogP contribution < -0.4 is 5.32 Å². The lowest BCUT2D eigenvalue weighted by Crippen LogP contribution is -2.45. The minimum absolute atomic E-state index is 0.628. The van der Waals surface area contributed by atoms with Crippen LogP contribution in [0.5, 0.6) is 0 Å². The summed E-state index contributed by atoms with van der Waals surface area (Å²) in [7, 11) is 0. The molecule has 2 unspecified atom stereocenters. The lowest BCUT2D eigenvalue weighted by Gasteiger charge is -2.39. The van der Waals surface area contributed by atoms with Gasteiger partial charge in [0, 0.05) is 18.1 Å². The molecule has 0 amide bonds. The van der Waals surface area contributed by atoms with Crippen LogP contribution in [-0.4, -0.2) is 36.1 Å². The average molecular weight is 240 g/mol. The molecular formula is C15H32N2. The van der Waals surface area contributed by atoms with Crippen LogP contribution in [0.25, 0.3) is 0 Å². The van der Waals surface area contributed by atoms with Gasteiger partial charge in [-0.25, -0.2) is 0 Å². The van der Waals surface area contributed by atoms with E-state index in [2.05, 4.69) is 37.9 Å². The van der Waals surface area contributed by atoms with Crippen molar-refractivity contribution in [1.82, 2.24) is 10.2 Å². The Morgan fingerprint density at radius 3 is 2.65 bits per heavy atom. The zero-order valence-electron chi connectivity index (χ0n) is 12.3. The smallest absolute Gasteiger partial charge is 0.00954 e. The fraction of sp³-hybridized carbons (Fsp3) is 1.00. The largest absolute Gasteiger partial charge is 0.315 e. The van der Waals surface area contributed by atoms with Gasteiger partial charge >= 0.3 is 0 Å². The van der Waals surface area contributed by atoms with Gasteiger partial charge in [0.25, 0.3) is 0 Å². The molecule has 0 radical (unpaired) electrons. The topological polar surface area (TPSA) is 15.3 Å². The monoisotopic (exact) mass is 240 g/mol. The highest BCUT2D eigenvalue weighted by Crippen LogP contribution is 2.23. The Morgan fingerprint density at radius 2 is 2.00 bits per heavy atom. The van der Waals surface area contributed by atoms with Crippen molar-refractivity contribution in [1.29, 1.82) is 0 Å². The van der Waals surface area contributed by atoms with Crippen LogP contribution in [0.2, 0.25) is 0 Å². The second kappa shape index (κ2) is 8.10. The summed E-state index contributed by atoms with van der Waals surface area (Å²) in [6.07, 6.45) is 8.25. The van der Waals surface area contributed by atoms with Gasteiger partial charge in [-0.3, -0.25) is 4.90 Å². The molecule has 1 rings (SSSR count). The number of nitrogens with zero attached hydrogens (tertiary/aromatic N) is 1. The van der Waals surface area contributed by atoms with Gasteiger partial charge in [-0.2, -0.15) is 0 Å². The number of nitrogens with one attached hydrogen (secondary N) is 1. The van der Waals surface area contributed by atoms with Gasteiger partial charge in [0.15, 0.2) is 0 Å². The molecule has 102 valence electrons.